The average Bonchev–Trinajstić information content (AvgIpc) is 2.61. The summed E-state index contributed by atoms with van der Waals surface area (Å²) in [7, 11) is 4.32. The Morgan fingerprint density at radius 2 is 1.81 bits per heavy atom. The maximum atomic E-state index is 2.61. The Labute approximate surface area is 134 Å². The van der Waals surface area contributed by atoms with Crippen molar-refractivity contribution in [1.29, 1.82) is 0 Å². The van der Waals surface area contributed by atoms with Crippen molar-refractivity contribution in [1.82, 2.24) is 9.47 Å². The van der Waals surface area contributed by atoms with Gasteiger partial charge in [0.25, 0.3) is 0 Å². The van der Waals surface area contributed by atoms with Crippen molar-refractivity contribution in [2.45, 2.75) is 45.1 Å². The Hall–Kier alpha value is -0.990. The molecule has 2 aromatic rings. The van der Waals surface area contributed by atoms with Crippen molar-refractivity contribution in [3.63, 3.8) is 0 Å². The summed E-state index contributed by atoms with van der Waals surface area (Å²) in [6.07, 6.45) is 7.89. The highest BCUT2D eigenvalue weighted by atomic mass is 35.5. The van der Waals surface area contributed by atoms with Crippen LogP contribution < -0.4 is 0 Å². The standard InChI is InChI=1S/C18H26N2.ClH/c1-19(2)13-8-14-20-17-11-5-3-4-9-15(17)16-10-6-7-12-18(16)20;/h6-7,10,12H,3-5,8-9,11,13-14H2,1-2H3;1H. The highest BCUT2D eigenvalue weighted by Gasteiger charge is 2.18. The molecule has 0 radical (unpaired) electrons. The maximum absolute atomic E-state index is 2.61. The van der Waals surface area contributed by atoms with Crippen molar-refractivity contribution in [3.05, 3.63) is 35.5 Å². The Morgan fingerprint density at radius 1 is 1.05 bits per heavy atom. The van der Waals surface area contributed by atoms with Crippen LogP contribution in [0.5, 0.6) is 0 Å². The molecular weight excluding hydrogens is 280 g/mol. The average molecular weight is 307 g/mol. The first-order chi connectivity index (χ1) is 9.77. The van der Waals surface area contributed by atoms with Gasteiger partial charge in [-0.2, -0.15) is 0 Å². The largest absolute Gasteiger partial charge is 0.344 e. The molecule has 0 saturated carbocycles. The van der Waals surface area contributed by atoms with Gasteiger partial charge in [-0.05, 0) is 64.4 Å². The molecule has 1 heterocycles. The minimum Gasteiger partial charge on any atom is -0.344 e. The van der Waals surface area contributed by atoms with Crippen LogP contribution in [0.3, 0.4) is 0 Å². The second-order valence-corrected chi connectivity index (χ2v) is 6.31. The topological polar surface area (TPSA) is 8.17 Å². The molecule has 0 spiro atoms. The van der Waals surface area contributed by atoms with Crippen LogP contribution in [-0.2, 0) is 19.4 Å². The zero-order chi connectivity index (χ0) is 13.9. The SMILES string of the molecule is CN(C)CCCn1c2c(c3ccccc31)CCCCC2.Cl. The van der Waals surface area contributed by atoms with Gasteiger partial charge in [-0.25, -0.2) is 0 Å². The van der Waals surface area contributed by atoms with Gasteiger partial charge >= 0.3 is 0 Å². The van der Waals surface area contributed by atoms with Crippen LogP contribution in [0.25, 0.3) is 10.9 Å². The van der Waals surface area contributed by atoms with Crippen LogP contribution in [0.4, 0.5) is 0 Å². The molecule has 0 amide bonds. The first-order valence-electron chi connectivity index (χ1n) is 8.01. The first-order valence-corrected chi connectivity index (χ1v) is 8.01. The second kappa shape index (κ2) is 7.33. The number of nitrogens with zero attached hydrogens (tertiary/aromatic N) is 2. The van der Waals surface area contributed by atoms with E-state index in [0.29, 0.717) is 0 Å². The van der Waals surface area contributed by atoms with Crippen molar-refractivity contribution in [3.8, 4) is 0 Å². The van der Waals surface area contributed by atoms with Gasteiger partial charge in [0, 0.05) is 23.1 Å². The molecule has 0 atom stereocenters. The van der Waals surface area contributed by atoms with E-state index in [1.54, 1.807) is 11.3 Å². The lowest BCUT2D eigenvalue weighted by Gasteiger charge is -2.13. The maximum Gasteiger partial charge on any atom is 0.0485 e. The molecule has 0 aliphatic heterocycles. The number of hydrogen-bond acceptors (Lipinski definition) is 1. The van der Waals surface area contributed by atoms with Crippen LogP contribution in [0.1, 0.15) is 36.9 Å². The summed E-state index contributed by atoms with van der Waals surface area (Å²) in [4.78, 5) is 2.28. The van der Waals surface area contributed by atoms with Gasteiger partial charge in [0.05, 0.1) is 0 Å². The summed E-state index contributed by atoms with van der Waals surface area (Å²) in [5.41, 5.74) is 4.73. The fourth-order valence-corrected chi connectivity index (χ4v) is 3.56. The summed E-state index contributed by atoms with van der Waals surface area (Å²) in [6.45, 7) is 2.33. The monoisotopic (exact) mass is 306 g/mol. The molecule has 2 nitrogen and oxygen atoms in total. The fourth-order valence-electron chi connectivity index (χ4n) is 3.56. The van der Waals surface area contributed by atoms with Crippen LogP contribution in [0, 0.1) is 0 Å². The van der Waals surface area contributed by atoms with E-state index in [1.165, 1.54) is 56.0 Å². The number of aromatic nitrogens is 1. The third-order valence-corrected chi connectivity index (χ3v) is 4.52. The van der Waals surface area contributed by atoms with Gasteiger partial charge < -0.3 is 9.47 Å². The smallest absolute Gasteiger partial charge is 0.0485 e. The first kappa shape index (κ1) is 16.4. The number of rotatable bonds is 4. The Bertz CT molecular complexity index is 586. The number of halogens is 1. The van der Waals surface area contributed by atoms with E-state index >= 15 is 0 Å². The van der Waals surface area contributed by atoms with Crippen LogP contribution in [0.15, 0.2) is 24.3 Å². The highest BCUT2D eigenvalue weighted by molar-refractivity contribution is 5.86. The number of aryl methyl sites for hydroxylation is 2. The minimum atomic E-state index is 0. The molecule has 3 heteroatoms. The van der Waals surface area contributed by atoms with E-state index in [0.717, 1.165) is 6.54 Å². The van der Waals surface area contributed by atoms with E-state index in [1.807, 2.05) is 0 Å². The van der Waals surface area contributed by atoms with Gasteiger partial charge in [-0.1, -0.05) is 24.6 Å². The Morgan fingerprint density at radius 3 is 2.62 bits per heavy atom. The third-order valence-electron chi connectivity index (χ3n) is 4.52. The lowest BCUT2D eigenvalue weighted by atomic mass is 10.1. The number of benzene rings is 1. The molecule has 0 N–H and O–H groups in total. The quantitative estimate of drug-likeness (QED) is 0.765. The zero-order valence-corrected chi connectivity index (χ0v) is 14.1. The normalized spacial score (nSPS) is 14.8. The van der Waals surface area contributed by atoms with Crippen LogP contribution in [-0.4, -0.2) is 30.1 Å². The van der Waals surface area contributed by atoms with E-state index in [-0.39, 0.29) is 12.4 Å². The molecule has 0 fully saturated rings. The van der Waals surface area contributed by atoms with E-state index in [9.17, 15) is 0 Å². The van der Waals surface area contributed by atoms with Crippen LogP contribution in [0.2, 0.25) is 0 Å². The number of hydrogen-bond donors (Lipinski definition) is 0. The molecular formula is C18H27ClN2. The molecule has 116 valence electrons. The Kier molecular flexibility index (Phi) is 5.72. The predicted molar refractivity (Wildman–Crippen MR) is 93.6 cm³/mol. The summed E-state index contributed by atoms with van der Waals surface area (Å²) in [5.74, 6) is 0. The van der Waals surface area contributed by atoms with Gasteiger partial charge in [0.1, 0.15) is 0 Å². The summed E-state index contributed by atoms with van der Waals surface area (Å²) < 4.78 is 2.61. The zero-order valence-electron chi connectivity index (χ0n) is 13.3. The molecule has 3 rings (SSSR count). The van der Waals surface area contributed by atoms with Crippen molar-refractivity contribution in [2.75, 3.05) is 20.6 Å². The van der Waals surface area contributed by atoms with Crippen molar-refractivity contribution in [2.24, 2.45) is 0 Å². The molecule has 1 aromatic heterocycles. The molecule has 0 bridgehead atoms. The molecule has 1 aliphatic carbocycles. The molecule has 1 aliphatic rings. The predicted octanol–water partition coefficient (Wildman–Crippen LogP) is 4.28. The fraction of sp³-hybridized carbons (Fsp3) is 0.556. The summed E-state index contributed by atoms with van der Waals surface area (Å²) in [5, 5.41) is 1.51. The molecule has 1 aromatic carbocycles. The second-order valence-electron chi connectivity index (χ2n) is 6.31. The Balaban J connectivity index is 0.00000161. The molecule has 0 unspecified atom stereocenters. The number of para-hydroxylation sites is 1. The van der Waals surface area contributed by atoms with Gasteiger partial charge in [-0.3, -0.25) is 0 Å². The van der Waals surface area contributed by atoms with E-state index in [4.69, 9.17) is 0 Å². The van der Waals surface area contributed by atoms with E-state index < -0.39 is 0 Å². The summed E-state index contributed by atoms with van der Waals surface area (Å²) in [6, 6.07) is 9.00. The molecule has 0 saturated heterocycles. The van der Waals surface area contributed by atoms with Gasteiger partial charge in [0.2, 0.25) is 0 Å². The van der Waals surface area contributed by atoms with Crippen LogP contribution >= 0.6 is 12.4 Å². The van der Waals surface area contributed by atoms with Crippen molar-refractivity contribution < 1.29 is 0 Å². The number of fused-ring (bicyclic) bond motifs is 3. The highest BCUT2D eigenvalue weighted by Crippen LogP contribution is 2.31. The minimum absolute atomic E-state index is 0. The van der Waals surface area contributed by atoms with E-state index in [2.05, 4.69) is 47.8 Å². The van der Waals surface area contributed by atoms with Gasteiger partial charge in [-0.15, -0.1) is 12.4 Å². The van der Waals surface area contributed by atoms with Crippen molar-refractivity contribution >= 4 is 23.3 Å². The summed E-state index contributed by atoms with van der Waals surface area (Å²) >= 11 is 0. The lowest BCUT2D eigenvalue weighted by molar-refractivity contribution is 0.386. The third kappa shape index (κ3) is 3.44. The molecule has 21 heavy (non-hydrogen) atoms. The van der Waals surface area contributed by atoms with Gasteiger partial charge in [0.15, 0.2) is 0 Å². The lowest BCUT2D eigenvalue weighted by Crippen LogP contribution is -2.15.